The zero-order valence-corrected chi connectivity index (χ0v) is 14.2. The van der Waals surface area contributed by atoms with Gasteiger partial charge in [0.05, 0.1) is 10.0 Å². The number of hydrogen-bond donors (Lipinski definition) is 1. The molecule has 0 unspecified atom stereocenters. The van der Waals surface area contributed by atoms with Crippen molar-refractivity contribution in [2.75, 3.05) is 5.01 Å². The predicted molar refractivity (Wildman–Crippen MR) is 92.1 cm³/mol. The molecule has 1 aliphatic rings. The summed E-state index contributed by atoms with van der Waals surface area (Å²) < 4.78 is 1.67. The van der Waals surface area contributed by atoms with Crippen molar-refractivity contribution in [3.8, 4) is 0 Å². The number of anilines is 1. The molecule has 1 saturated heterocycles. The van der Waals surface area contributed by atoms with Crippen molar-refractivity contribution in [1.82, 2.24) is 5.43 Å². The summed E-state index contributed by atoms with van der Waals surface area (Å²) in [5.41, 5.74) is 3.29. The van der Waals surface area contributed by atoms with Crippen molar-refractivity contribution >= 4 is 69.1 Å². The van der Waals surface area contributed by atoms with Gasteiger partial charge in [-0.25, -0.2) is 5.01 Å². The summed E-state index contributed by atoms with van der Waals surface area (Å²) in [6.45, 7) is 0. The molecule has 2 heterocycles. The normalized spacial score (nSPS) is 16.7. The average Bonchev–Trinajstić information content (AvgIpc) is 2.98. The molecule has 0 saturated carbocycles. The van der Waals surface area contributed by atoms with Crippen LogP contribution in [0.25, 0.3) is 6.08 Å². The van der Waals surface area contributed by atoms with Gasteiger partial charge < -0.3 is 0 Å². The van der Waals surface area contributed by atoms with Gasteiger partial charge in [-0.1, -0.05) is 11.6 Å². The molecule has 0 atom stereocenters. The van der Waals surface area contributed by atoms with Crippen LogP contribution in [0.3, 0.4) is 0 Å². The van der Waals surface area contributed by atoms with E-state index in [0.717, 1.165) is 8.45 Å². The SMILES string of the molecule is O=C1NN(c2ccc(I)cc2)C(=O)C1=Cc1ccc(Cl)s1. The van der Waals surface area contributed by atoms with Crippen molar-refractivity contribution < 1.29 is 9.59 Å². The van der Waals surface area contributed by atoms with Gasteiger partial charge >= 0.3 is 0 Å². The van der Waals surface area contributed by atoms with Crippen LogP contribution in [-0.4, -0.2) is 11.8 Å². The number of carbonyl (C=O) groups excluding carboxylic acids is 2. The Morgan fingerprint density at radius 1 is 1.14 bits per heavy atom. The zero-order valence-electron chi connectivity index (χ0n) is 10.5. The van der Waals surface area contributed by atoms with E-state index in [-0.39, 0.29) is 11.5 Å². The standard InChI is InChI=1S/C14H8ClIN2O2S/c15-12-6-5-10(21-12)7-11-13(19)17-18(14(11)20)9-3-1-8(16)2-4-9/h1-7H,(H,17,19). The molecule has 0 bridgehead atoms. The fraction of sp³-hybridized carbons (Fsp3) is 0. The lowest BCUT2D eigenvalue weighted by molar-refractivity contribution is -0.117. The second kappa shape index (κ2) is 5.78. The number of nitrogens with zero attached hydrogens (tertiary/aromatic N) is 1. The van der Waals surface area contributed by atoms with E-state index < -0.39 is 5.91 Å². The molecule has 0 aliphatic carbocycles. The molecule has 0 spiro atoms. The molecular weight excluding hydrogens is 423 g/mol. The van der Waals surface area contributed by atoms with Crippen LogP contribution in [0.15, 0.2) is 42.0 Å². The van der Waals surface area contributed by atoms with Gasteiger partial charge in [0.1, 0.15) is 5.57 Å². The van der Waals surface area contributed by atoms with Gasteiger partial charge in [-0.05, 0) is 65.1 Å². The van der Waals surface area contributed by atoms with Gasteiger partial charge in [0, 0.05) is 8.45 Å². The molecule has 3 rings (SSSR count). The number of carbonyl (C=O) groups is 2. The van der Waals surface area contributed by atoms with Crippen LogP contribution in [0.1, 0.15) is 4.88 Å². The lowest BCUT2D eigenvalue weighted by Crippen LogP contribution is -2.35. The summed E-state index contributed by atoms with van der Waals surface area (Å²) in [4.78, 5) is 25.1. The summed E-state index contributed by atoms with van der Waals surface area (Å²) in [6.07, 6.45) is 1.56. The van der Waals surface area contributed by atoms with E-state index in [1.165, 1.54) is 16.3 Å². The first-order chi connectivity index (χ1) is 10.0. The van der Waals surface area contributed by atoms with E-state index in [2.05, 4.69) is 28.0 Å². The quantitative estimate of drug-likeness (QED) is 0.451. The van der Waals surface area contributed by atoms with Crippen LogP contribution in [0.5, 0.6) is 0 Å². The summed E-state index contributed by atoms with van der Waals surface area (Å²) in [6, 6.07) is 10.8. The topological polar surface area (TPSA) is 49.4 Å². The van der Waals surface area contributed by atoms with Crippen LogP contribution < -0.4 is 10.4 Å². The molecule has 1 aliphatic heterocycles. The Morgan fingerprint density at radius 2 is 1.86 bits per heavy atom. The van der Waals surface area contributed by atoms with E-state index in [4.69, 9.17) is 11.6 Å². The zero-order chi connectivity index (χ0) is 15.0. The minimum atomic E-state index is -0.414. The highest BCUT2D eigenvalue weighted by molar-refractivity contribution is 14.1. The third-order valence-corrected chi connectivity index (χ3v) is 4.75. The van der Waals surface area contributed by atoms with E-state index in [1.807, 2.05) is 12.1 Å². The Bertz CT molecular complexity index is 755. The summed E-state index contributed by atoms with van der Waals surface area (Å²) in [5, 5.41) is 1.25. The van der Waals surface area contributed by atoms with E-state index >= 15 is 0 Å². The monoisotopic (exact) mass is 430 g/mol. The smallest absolute Gasteiger partial charge is 0.267 e. The molecule has 1 fully saturated rings. The van der Waals surface area contributed by atoms with Gasteiger partial charge in [-0.2, -0.15) is 0 Å². The fourth-order valence-electron chi connectivity index (χ4n) is 1.88. The molecule has 1 aromatic carbocycles. The molecule has 7 heteroatoms. The molecule has 21 heavy (non-hydrogen) atoms. The summed E-state index contributed by atoms with van der Waals surface area (Å²) in [5.74, 6) is -0.784. The number of halogens is 2. The number of nitrogens with one attached hydrogen (secondary N) is 1. The maximum atomic E-state index is 12.4. The first-order valence-corrected chi connectivity index (χ1v) is 8.20. The Labute approximate surface area is 143 Å². The van der Waals surface area contributed by atoms with Crippen molar-refractivity contribution in [1.29, 1.82) is 0 Å². The van der Waals surface area contributed by atoms with Gasteiger partial charge in [0.25, 0.3) is 11.8 Å². The van der Waals surface area contributed by atoms with Crippen LogP contribution in [0, 0.1) is 3.57 Å². The molecule has 2 amide bonds. The van der Waals surface area contributed by atoms with Crippen LogP contribution in [-0.2, 0) is 9.59 Å². The summed E-state index contributed by atoms with van der Waals surface area (Å²) >= 11 is 9.34. The number of hydrogen-bond acceptors (Lipinski definition) is 3. The third-order valence-electron chi connectivity index (χ3n) is 2.86. The first-order valence-electron chi connectivity index (χ1n) is 5.92. The van der Waals surface area contributed by atoms with Gasteiger partial charge in [-0.3, -0.25) is 15.0 Å². The van der Waals surface area contributed by atoms with Gasteiger partial charge in [-0.15, -0.1) is 11.3 Å². The van der Waals surface area contributed by atoms with E-state index in [9.17, 15) is 9.59 Å². The second-order valence-electron chi connectivity index (χ2n) is 4.26. The van der Waals surface area contributed by atoms with Gasteiger partial charge in [0.15, 0.2) is 0 Å². The van der Waals surface area contributed by atoms with Crippen molar-refractivity contribution in [2.24, 2.45) is 0 Å². The lowest BCUT2D eigenvalue weighted by Gasteiger charge is -2.14. The van der Waals surface area contributed by atoms with Crippen LogP contribution in [0.2, 0.25) is 4.34 Å². The largest absolute Gasteiger partial charge is 0.282 e. The van der Waals surface area contributed by atoms with E-state index in [1.54, 1.807) is 30.3 Å². The van der Waals surface area contributed by atoms with Crippen molar-refractivity contribution in [2.45, 2.75) is 0 Å². The third kappa shape index (κ3) is 2.97. The van der Waals surface area contributed by atoms with E-state index in [0.29, 0.717) is 10.0 Å². The van der Waals surface area contributed by atoms with Crippen molar-refractivity contribution in [3.63, 3.8) is 0 Å². The Kier molecular flexibility index (Phi) is 4.01. The minimum absolute atomic E-state index is 0.104. The van der Waals surface area contributed by atoms with Crippen LogP contribution in [0.4, 0.5) is 5.69 Å². The molecule has 1 N–H and O–H groups in total. The predicted octanol–water partition coefficient (Wildman–Crippen LogP) is 3.47. The molecule has 0 radical (unpaired) electrons. The highest BCUT2D eigenvalue weighted by atomic mass is 127. The first kappa shape index (κ1) is 14.6. The average molecular weight is 431 g/mol. The fourth-order valence-corrected chi connectivity index (χ4v) is 3.24. The molecular formula is C14H8ClIN2O2S. The number of amides is 2. The molecule has 1 aromatic heterocycles. The second-order valence-corrected chi connectivity index (χ2v) is 7.25. The molecule has 106 valence electrons. The summed E-state index contributed by atoms with van der Waals surface area (Å²) in [7, 11) is 0. The molecule has 4 nitrogen and oxygen atoms in total. The highest BCUT2D eigenvalue weighted by Gasteiger charge is 2.34. The number of rotatable bonds is 2. The van der Waals surface area contributed by atoms with Crippen molar-refractivity contribution in [3.05, 3.63) is 54.8 Å². The maximum Gasteiger partial charge on any atom is 0.282 e. The van der Waals surface area contributed by atoms with Gasteiger partial charge in [0.2, 0.25) is 0 Å². The number of hydrazine groups is 1. The number of thiophene rings is 1. The minimum Gasteiger partial charge on any atom is -0.267 e. The molecule has 2 aromatic rings. The Balaban J connectivity index is 1.92. The lowest BCUT2D eigenvalue weighted by atomic mass is 10.2. The maximum absolute atomic E-state index is 12.4. The van der Waals surface area contributed by atoms with Crippen LogP contribution >= 0.6 is 45.5 Å². The Morgan fingerprint density at radius 3 is 2.48 bits per heavy atom. The Hall–Kier alpha value is -1.38. The number of benzene rings is 1. The highest BCUT2D eigenvalue weighted by Crippen LogP contribution is 2.26.